The van der Waals surface area contributed by atoms with E-state index >= 15 is 0 Å². The first-order chi connectivity index (χ1) is 16.5. The van der Waals surface area contributed by atoms with Crippen LogP contribution in [0.25, 0.3) is 0 Å². The van der Waals surface area contributed by atoms with Gasteiger partial charge in [-0.05, 0) is 92.8 Å². The minimum atomic E-state index is -0.998. The van der Waals surface area contributed by atoms with E-state index in [1.54, 1.807) is 13.8 Å². The summed E-state index contributed by atoms with van der Waals surface area (Å²) < 4.78 is 5.96. The Kier molecular flexibility index (Phi) is 6.21. The van der Waals surface area contributed by atoms with Crippen molar-refractivity contribution < 1.29 is 30.3 Å². The van der Waals surface area contributed by atoms with E-state index < -0.39 is 47.1 Å². The summed E-state index contributed by atoms with van der Waals surface area (Å²) in [6.07, 6.45) is 4.58. The Balaban J connectivity index is 1.50. The van der Waals surface area contributed by atoms with Crippen LogP contribution in [0, 0.1) is 45.3 Å². The fourth-order valence-electron chi connectivity index (χ4n) is 10.4. The third-order valence-electron chi connectivity index (χ3n) is 12.6. The second-order valence-electron chi connectivity index (χ2n) is 15.0. The van der Waals surface area contributed by atoms with E-state index in [0.717, 1.165) is 32.1 Å². The molecule has 0 bridgehead atoms. The molecule has 1 aliphatic heterocycles. The molecule has 0 aromatic rings. The summed E-state index contributed by atoms with van der Waals surface area (Å²) in [5.74, 6) is 0.600. The summed E-state index contributed by atoms with van der Waals surface area (Å²) in [5, 5.41) is 55.2. The van der Waals surface area contributed by atoms with Gasteiger partial charge >= 0.3 is 0 Å². The van der Waals surface area contributed by atoms with Gasteiger partial charge in [0.1, 0.15) is 0 Å². The molecule has 5 rings (SSSR count). The number of hydrogen-bond donors (Lipinski definition) is 5. The monoisotopic (exact) mass is 506 g/mol. The number of hydrogen-bond acceptors (Lipinski definition) is 6. The smallest absolute Gasteiger partial charge is 0.158 e. The molecule has 0 aromatic heterocycles. The van der Waals surface area contributed by atoms with Gasteiger partial charge in [0.05, 0.1) is 30.0 Å². The van der Waals surface area contributed by atoms with Crippen molar-refractivity contribution in [2.75, 3.05) is 0 Å². The number of allylic oxidation sites excluding steroid dienone is 1. The van der Waals surface area contributed by atoms with Gasteiger partial charge in [-0.25, -0.2) is 0 Å². The summed E-state index contributed by atoms with van der Waals surface area (Å²) in [7, 11) is 0. The predicted molar refractivity (Wildman–Crippen MR) is 138 cm³/mol. The highest BCUT2D eigenvalue weighted by atomic mass is 16.6. The Hall–Kier alpha value is -0.500. The Morgan fingerprint density at radius 3 is 2.19 bits per heavy atom. The van der Waals surface area contributed by atoms with E-state index in [-0.39, 0.29) is 28.6 Å². The normalized spacial score (nSPS) is 54.8. The van der Waals surface area contributed by atoms with Crippen LogP contribution in [0.15, 0.2) is 11.6 Å². The standard InChI is InChI=1S/C30H50O6/c1-26(2)21-10-9-18-19(28(21,5)15-20(31)24(26)33)14-22(32)30(7)17(12-13-29(18,30)6)16-8-11-23(27(3,4)35)36-25(16)34/h14,16-18,20-25,31-35H,8-13,15H2,1-7H3. The van der Waals surface area contributed by atoms with Gasteiger partial charge < -0.3 is 30.3 Å². The van der Waals surface area contributed by atoms with Crippen LogP contribution in [0.4, 0.5) is 0 Å². The summed E-state index contributed by atoms with van der Waals surface area (Å²) in [5.41, 5.74) is -0.905. The van der Waals surface area contributed by atoms with Gasteiger partial charge in [0.2, 0.25) is 0 Å². The van der Waals surface area contributed by atoms with Crippen molar-refractivity contribution in [2.24, 2.45) is 45.3 Å². The van der Waals surface area contributed by atoms with Crippen LogP contribution in [-0.4, -0.2) is 61.8 Å². The number of rotatable bonds is 2. The number of ether oxygens (including phenoxy) is 1. The van der Waals surface area contributed by atoms with Gasteiger partial charge in [-0.15, -0.1) is 0 Å². The summed E-state index contributed by atoms with van der Waals surface area (Å²) in [6, 6.07) is 0. The van der Waals surface area contributed by atoms with Crippen LogP contribution in [-0.2, 0) is 4.74 Å². The van der Waals surface area contributed by atoms with E-state index in [9.17, 15) is 25.5 Å². The Labute approximate surface area is 217 Å². The predicted octanol–water partition coefficient (Wildman–Crippen LogP) is 3.78. The Bertz CT molecular complexity index is 908. The third kappa shape index (κ3) is 3.43. The quantitative estimate of drug-likeness (QED) is 0.365. The van der Waals surface area contributed by atoms with Gasteiger partial charge in [0.15, 0.2) is 6.29 Å². The fraction of sp³-hybridized carbons (Fsp3) is 0.933. The first kappa shape index (κ1) is 27.1. The Morgan fingerprint density at radius 1 is 0.917 bits per heavy atom. The van der Waals surface area contributed by atoms with Crippen LogP contribution in [0.3, 0.4) is 0 Å². The van der Waals surface area contributed by atoms with Gasteiger partial charge in [0.25, 0.3) is 0 Å². The van der Waals surface area contributed by atoms with Gasteiger partial charge in [-0.1, -0.05) is 46.3 Å². The molecule has 12 atom stereocenters. The summed E-state index contributed by atoms with van der Waals surface area (Å²) in [4.78, 5) is 0. The number of aliphatic hydroxyl groups excluding tert-OH is 4. The zero-order valence-electron chi connectivity index (χ0n) is 23.4. The van der Waals surface area contributed by atoms with E-state index in [2.05, 4.69) is 40.7 Å². The molecule has 5 N–H and O–H groups in total. The second-order valence-corrected chi connectivity index (χ2v) is 15.0. The van der Waals surface area contributed by atoms with Crippen LogP contribution < -0.4 is 0 Å². The zero-order chi connectivity index (χ0) is 26.6. The van der Waals surface area contributed by atoms with Crippen LogP contribution in [0.5, 0.6) is 0 Å². The summed E-state index contributed by atoms with van der Waals surface area (Å²) in [6.45, 7) is 14.5. The Morgan fingerprint density at radius 2 is 1.58 bits per heavy atom. The molecule has 6 nitrogen and oxygen atoms in total. The van der Waals surface area contributed by atoms with E-state index in [0.29, 0.717) is 18.8 Å². The molecule has 3 saturated carbocycles. The van der Waals surface area contributed by atoms with Gasteiger partial charge in [-0.3, -0.25) is 0 Å². The lowest BCUT2D eigenvalue weighted by molar-refractivity contribution is -0.252. The zero-order valence-corrected chi connectivity index (χ0v) is 23.4. The molecule has 36 heavy (non-hydrogen) atoms. The maximum atomic E-state index is 11.9. The minimum absolute atomic E-state index is 0.0717. The highest BCUT2D eigenvalue weighted by molar-refractivity contribution is 5.35. The molecule has 0 aromatic carbocycles. The van der Waals surface area contributed by atoms with Crippen molar-refractivity contribution >= 4 is 0 Å². The third-order valence-corrected chi connectivity index (χ3v) is 12.6. The molecule has 1 saturated heterocycles. The van der Waals surface area contributed by atoms with E-state index in [1.807, 2.05) is 0 Å². The molecule has 0 radical (unpaired) electrons. The highest BCUT2D eigenvalue weighted by Gasteiger charge is 2.69. The molecule has 12 unspecified atom stereocenters. The molecule has 4 fully saturated rings. The van der Waals surface area contributed by atoms with Crippen LogP contribution in [0.2, 0.25) is 0 Å². The molecule has 4 aliphatic carbocycles. The number of aliphatic hydroxyl groups is 5. The average molecular weight is 507 g/mol. The van der Waals surface area contributed by atoms with Crippen LogP contribution in [0.1, 0.15) is 93.4 Å². The first-order valence-electron chi connectivity index (χ1n) is 14.3. The molecular formula is C30H50O6. The van der Waals surface area contributed by atoms with Crippen molar-refractivity contribution in [3.63, 3.8) is 0 Å². The molecule has 206 valence electrons. The second kappa shape index (κ2) is 8.25. The van der Waals surface area contributed by atoms with E-state index in [1.165, 1.54) is 5.57 Å². The topological polar surface area (TPSA) is 110 Å². The SMILES string of the molecule is CC(C)(O)C1CCC(C2CCC3(C)C4CCC5C(C)(CC(O)C(O)C5(C)C)C4=CC(O)C23C)C(O)O1. The van der Waals surface area contributed by atoms with E-state index in [4.69, 9.17) is 4.74 Å². The molecule has 0 amide bonds. The fourth-order valence-corrected chi connectivity index (χ4v) is 10.4. The largest absolute Gasteiger partial charge is 0.390 e. The van der Waals surface area contributed by atoms with Crippen LogP contribution >= 0.6 is 0 Å². The highest BCUT2D eigenvalue weighted by Crippen LogP contribution is 2.73. The van der Waals surface area contributed by atoms with Crippen molar-refractivity contribution in [1.29, 1.82) is 0 Å². The first-order valence-corrected chi connectivity index (χ1v) is 14.3. The molecule has 1 heterocycles. The molecule has 6 heteroatoms. The van der Waals surface area contributed by atoms with Crippen molar-refractivity contribution in [2.45, 2.75) is 130 Å². The van der Waals surface area contributed by atoms with Crippen molar-refractivity contribution in [1.82, 2.24) is 0 Å². The lowest BCUT2D eigenvalue weighted by atomic mass is 9.40. The molecule has 0 spiro atoms. The minimum Gasteiger partial charge on any atom is -0.390 e. The number of fused-ring (bicyclic) bond motifs is 5. The van der Waals surface area contributed by atoms with Gasteiger partial charge in [-0.2, -0.15) is 0 Å². The lowest BCUT2D eigenvalue weighted by Gasteiger charge is -2.65. The average Bonchev–Trinajstić information content (AvgIpc) is 3.05. The maximum Gasteiger partial charge on any atom is 0.158 e. The summed E-state index contributed by atoms with van der Waals surface area (Å²) >= 11 is 0. The van der Waals surface area contributed by atoms with Crippen molar-refractivity contribution in [3.8, 4) is 0 Å². The maximum absolute atomic E-state index is 11.9. The molecule has 5 aliphatic rings. The van der Waals surface area contributed by atoms with Gasteiger partial charge in [0, 0.05) is 11.3 Å². The molecular weight excluding hydrogens is 456 g/mol. The van der Waals surface area contributed by atoms with Crippen molar-refractivity contribution in [3.05, 3.63) is 11.6 Å². The lowest BCUT2D eigenvalue weighted by Crippen LogP contribution is -2.63.